The Morgan fingerprint density at radius 3 is 2.56 bits per heavy atom. The molecule has 2 aliphatic heterocycles. The van der Waals surface area contributed by atoms with Gasteiger partial charge in [0.15, 0.2) is 17.3 Å². The number of hydrazone groups is 1. The maximum Gasteiger partial charge on any atom is 0.283 e. The largest absolute Gasteiger partial charge is 0.490 e. The Labute approximate surface area is 215 Å². The smallest absolute Gasteiger partial charge is 0.283 e. The number of aliphatic imine (C=N–C) groups is 1. The van der Waals surface area contributed by atoms with Gasteiger partial charge in [-0.05, 0) is 73.4 Å². The molecule has 0 fully saturated rings. The highest BCUT2D eigenvalue weighted by atomic mass is 32.2. The van der Waals surface area contributed by atoms with E-state index in [0.29, 0.717) is 48.0 Å². The lowest BCUT2D eigenvalue weighted by molar-refractivity contribution is -0.114. The topological polar surface area (TPSA) is 96.6 Å². The second-order valence-electron chi connectivity index (χ2n) is 8.32. The Kier molecular flexibility index (Phi) is 8.10. The summed E-state index contributed by atoms with van der Waals surface area (Å²) in [6.45, 7) is 9.26. The third kappa shape index (κ3) is 5.62. The average molecular weight is 507 g/mol. The molecule has 36 heavy (non-hydrogen) atoms. The number of hydrogen-bond acceptors (Lipinski definition) is 7. The van der Waals surface area contributed by atoms with Crippen LogP contribution >= 0.6 is 11.8 Å². The molecule has 1 amide bonds. The third-order valence-corrected chi connectivity index (χ3v) is 6.62. The normalized spacial score (nSPS) is 17.0. The van der Waals surface area contributed by atoms with E-state index in [-0.39, 0.29) is 11.4 Å². The van der Waals surface area contributed by atoms with Gasteiger partial charge in [-0.3, -0.25) is 10.2 Å². The number of hydrogen-bond donors (Lipinski definition) is 1. The number of amides is 1. The Balaban J connectivity index is 1.45. The van der Waals surface area contributed by atoms with E-state index in [1.807, 2.05) is 38.1 Å². The highest BCUT2D eigenvalue weighted by Gasteiger charge is 2.34. The maximum atomic E-state index is 12.6. The van der Waals surface area contributed by atoms with Crippen LogP contribution in [0.3, 0.4) is 0 Å². The number of thioether (sulfide) groups is 1. The molecule has 1 atom stereocenters. The maximum absolute atomic E-state index is 12.6. The molecule has 0 saturated heterocycles. The molecule has 8 nitrogen and oxygen atoms in total. The van der Waals surface area contributed by atoms with Crippen LogP contribution in [0.4, 0.5) is 0 Å². The number of fused-ring (bicyclic) bond motifs is 1. The number of carbonyl (C=O) groups excluding carboxylic acids is 1. The van der Waals surface area contributed by atoms with Crippen LogP contribution in [0.1, 0.15) is 51.2 Å². The molecule has 188 valence electrons. The van der Waals surface area contributed by atoms with Crippen molar-refractivity contribution in [2.45, 2.75) is 40.0 Å². The van der Waals surface area contributed by atoms with Crippen molar-refractivity contribution in [3.63, 3.8) is 0 Å². The van der Waals surface area contributed by atoms with E-state index in [0.717, 1.165) is 17.2 Å². The minimum atomic E-state index is -0.461. The predicted octanol–water partition coefficient (Wildman–Crippen LogP) is 5.70. The van der Waals surface area contributed by atoms with Gasteiger partial charge in [0, 0.05) is 0 Å². The molecule has 4 rings (SSSR count). The van der Waals surface area contributed by atoms with Crippen LogP contribution in [0.2, 0.25) is 0 Å². The SMILES string of the molecule is CCOc1cc(/C=C2\C(=N)N3N=C(C)SC3=NC2=O)ccc1OCCOc1ccccc1[C@H](C)CC. The summed E-state index contributed by atoms with van der Waals surface area (Å²) in [5, 5.41) is 15.2. The first-order chi connectivity index (χ1) is 17.4. The second-order valence-corrected chi connectivity index (χ2v) is 9.48. The summed E-state index contributed by atoms with van der Waals surface area (Å²) in [6, 6.07) is 13.5. The number of nitrogens with one attached hydrogen (secondary N) is 1. The molecule has 0 aromatic heterocycles. The Morgan fingerprint density at radius 1 is 1.06 bits per heavy atom. The van der Waals surface area contributed by atoms with Crippen LogP contribution in [-0.4, -0.2) is 46.8 Å². The number of amidine groups is 2. The van der Waals surface area contributed by atoms with Gasteiger partial charge < -0.3 is 14.2 Å². The number of carbonyl (C=O) groups is 1. The number of ether oxygens (including phenoxy) is 3. The van der Waals surface area contributed by atoms with Gasteiger partial charge in [0.2, 0.25) is 5.17 Å². The summed E-state index contributed by atoms with van der Waals surface area (Å²) in [5.74, 6) is 1.97. The summed E-state index contributed by atoms with van der Waals surface area (Å²) < 4.78 is 17.8. The molecule has 0 radical (unpaired) electrons. The minimum Gasteiger partial charge on any atom is -0.490 e. The Morgan fingerprint density at radius 2 is 1.81 bits per heavy atom. The summed E-state index contributed by atoms with van der Waals surface area (Å²) in [6.07, 6.45) is 2.67. The summed E-state index contributed by atoms with van der Waals surface area (Å²) in [5.41, 5.74) is 2.06. The van der Waals surface area contributed by atoms with Crippen LogP contribution in [0.5, 0.6) is 17.2 Å². The zero-order valence-electron chi connectivity index (χ0n) is 20.9. The summed E-state index contributed by atoms with van der Waals surface area (Å²) in [7, 11) is 0. The van der Waals surface area contributed by atoms with Gasteiger partial charge in [0.25, 0.3) is 5.91 Å². The zero-order chi connectivity index (χ0) is 25.7. The van der Waals surface area contributed by atoms with Crippen molar-refractivity contribution in [3.8, 4) is 17.2 Å². The van der Waals surface area contributed by atoms with Crippen molar-refractivity contribution in [1.29, 1.82) is 5.41 Å². The van der Waals surface area contributed by atoms with Gasteiger partial charge in [-0.25, -0.2) is 0 Å². The van der Waals surface area contributed by atoms with Gasteiger partial charge in [0.05, 0.1) is 17.2 Å². The van der Waals surface area contributed by atoms with Gasteiger partial charge in [0.1, 0.15) is 19.0 Å². The molecular weight excluding hydrogens is 476 g/mol. The first kappa shape index (κ1) is 25.5. The molecule has 0 spiro atoms. The number of rotatable bonds is 10. The average Bonchev–Trinajstić information content (AvgIpc) is 3.25. The van der Waals surface area contributed by atoms with Crippen molar-refractivity contribution in [3.05, 3.63) is 59.2 Å². The van der Waals surface area contributed by atoms with Gasteiger partial charge in [-0.15, -0.1) is 0 Å². The first-order valence-electron chi connectivity index (χ1n) is 12.0. The van der Waals surface area contributed by atoms with Crippen LogP contribution in [-0.2, 0) is 4.79 Å². The molecule has 2 aromatic rings. The minimum absolute atomic E-state index is 0.00228. The lowest BCUT2D eigenvalue weighted by atomic mass is 9.98. The van der Waals surface area contributed by atoms with Gasteiger partial charge in [-0.1, -0.05) is 38.1 Å². The molecule has 0 unspecified atom stereocenters. The molecule has 2 heterocycles. The number of benzene rings is 2. The molecule has 0 aliphatic carbocycles. The highest BCUT2D eigenvalue weighted by Crippen LogP contribution is 2.32. The number of nitrogens with zero attached hydrogens (tertiary/aromatic N) is 3. The fourth-order valence-corrected chi connectivity index (χ4v) is 4.53. The highest BCUT2D eigenvalue weighted by molar-refractivity contribution is 8.26. The molecule has 0 saturated carbocycles. The first-order valence-corrected chi connectivity index (χ1v) is 12.8. The van der Waals surface area contributed by atoms with Crippen molar-refractivity contribution in [1.82, 2.24) is 5.01 Å². The Hall–Kier alpha value is -3.59. The molecule has 2 aromatic carbocycles. The standard InChI is InChI=1S/C27H30N4O4S/c1-5-17(3)20-9-7-8-10-22(20)34-13-14-35-23-12-11-19(16-24(23)33-6-2)15-21-25(28)31-27(29-26(21)32)36-18(4)30-31/h7-12,15-17,28H,5-6,13-14H2,1-4H3/b21-15+,28-25?/t17-/m1/s1. The van der Waals surface area contributed by atoms with Gasteiger partial charge in [-0.2, -0.15) is 15.1 Å². The van der Waals surface area contributed by atoms with E-state index in [2.05, 4.69) is 30.0 Å². The van der Waals surface area contributed by atoms with E-state index in [9.17, 15) is 4.79 Å². The third-order valence-electron chi connectivity index (χ3n) is 5.79. The van der Waals surface area contributed by atoms with Crippen LogP contribution in [0.25, 0.3) is 6.08 Å². The monoisotopic (exact) mass is 506 g/mol. The van der Waals surface area contributed by atoms with Crippen molar-refractivity contribution in [2.24, 2.45) is 10.1 Å². The van der Waals surface area contributed by atoms with Crippen molar-refractivity contribution in [2.75, 3.05) is 19.8 Å². The lowest BCUT2D eigenvalue weighted by Gasteiger charge is -2.20. The van der Waals surface area contributed by atoms with E-state index in [4.69, 9.17) is 19.6 Å². The lowest BCUT2D eigenvalue weighted by Crippen LogP contribution is -2.35. The van der Waals surface area contributed by atoms with E-state index in [1.165, 1.54) is 22.3 Å². The molecule has 1 N–H and O–H groups in total. The summed E-state index contributed by atoms with van der Waals surface area (Å²) >= 11 is 1.28. The molecule has 2 aliphatic rings. The van der Waals surface area contributed by atoms with Crippen molar-refractivity contribution < 1.29 is 19.0 Å². The quantitative estimate of drug-likeness (QED) is 0.328. The Bertz CT molecular complexity index is 1250. The van der Waals surface area contributed by atoms with E-state index in [1.54, 1.807) is 18.2 Å². The molecular formula is C27H30N4O4S. The van der Waals surface area contributed by atoms with E-state index < -0.39 is 5.91 Å². The fraction of sp³-hybridized carbons (Fsp3) is 0.333. The predicted molar refractivity (Wildman–Crippen MR) is 144 cm³/mol. The van der Waals surface area contributed by atoms with Crippen molar-refractivity contribution >= 4 is 39.8 Å². The van der Waals surface area contributed by atoms with Gasteiger partial charge >= 0.3 is 0 Å². The molecule has 9 heteroatoms. The van der Waals surface area contributed by atoms with Crippen LogP contribution in [0.15, 0.2) is 58.1 Å². The second kappa shape index (κ2) is 11.4. The summed E-state index contributed by atoms with van der Waals surface area (Å²) in [4.78, 5) is 16.6. The van der Waals surface area contributed by atoms with Crippen LogP contribution in [0, 0.1) is 5.41 Å². The zero-order valence-corrected chi connectivity index (χ0v) is 21.7. The van der Waals surface area contributed by atoms with E-state index >= 15 is 0 Å². The molecule has 0 bridgehead atoms. The van der Waals surface area contributed by atoms with Crippen LogP contribution < -0.4 is 14.2 Å². The number of para-hydroxylation sites is 1. The fourth-order valence-electron chi connectivity index (χ4n) is 3.80.